The van der Waals surface area contributed by atoms with Gasteiger partial charge in [0.1, 0.15) is 19.3 Å². The van der Waals surface area contributed by atoms with Crippen LogP contribution < -0.4 is 0 Å². The molecule has 4 rings (SSSR count). The minimum Gasteiger partial charge on any atom is -0.434 e. The lowest BCUT2D eigenvalue weighted by Gasteiger charge is -2.58. The molecule has 3 fully saturated rings. The molecule has 0 bridgehead atoms. The molecule has 0 aliphatic heterocycles. The van der Waals surface area contributed by atoms with Gasteiger partial charge in [-0.05, 0) is 91.3 Å². The van der Waals surface area contributed by atoms with Crippen molar-refractivity contribution in [3.63, 3.8) is 0 Å². The van der Waals surface area contributed by atoms with E-state index in [2.05, 4.69) is 40.7 Å². The summed E-state index contributed by atoms with van der Waals surface area (Å²) in [5.74, 6) is 4.86. The zero-order valence-electron chi connectivity index (χ0n) is 29.7. The maximum atomic E-state index is 12.5. The first-order valence-electron chi connectivity index (χ1n) is 18.0. The lowest BCUT2D eigenvalue weighted by molar-refractivity contribution is -0.870. The van der Waals surface area contributed by atoms with Gasteiger partial charge in [0.05, 0.1) is 34.4 Å². The molecule has 260 valence electrons. The van der Waals surface area contributed by atoms with Gasteiger partial charge in [-0.25, -0.2) is 9.36 Å². The van der Waals surface area contributed by atoms with Gasteiger partial charge >= 0.3 is 14.0 Å². The molecule has 4 aliphatic carbocycles. The molecule has 45 heavy (non-hydrogen) atoms. The van der Waals surface area contributed by atoms with Crippen LogP contribution in [0, 0.1) is 46.3 Å². The van der Waals surface area contributed by atoms with Gasteiger partial charge in [0.15, 0.2) is 0 Å². The van der Waals surface area contributed by atoms with Crippen molar-refractivity contribution >= 4 is 14.0 Å². The summed E-state index contributed by atoms with van der Waals surface area (Å²) < 4.78 is 33.7. The van der Waals surface area contributed by atoms with Gasteiger partial charge in [-0.2, -0.15) is 0 Å². The Morgan fingerprint density at radius 2 is 1.71 bits per heavy atom. The zero-order valence-corrected chi connectivity index (χ0v) is 30.6. The highest BCUT2D eigenvalue weighted by Crippen LogP contribution is 2.67. The molecule has 0 aromatic carbocycles. The number of rotatable bonds is 15. The summed E-state index contributed by atoms with van der Waals surface area (Å²) >= 11 is 0. The summed E-state index contributed by atoms with van der Waals surface area (Å²) in [6.07, 6.45) is 15.5. The summed E-state index contributed by atoms with van der Waals surface area (Å²) in [6, 6.07) is 0. The van der Waals surface area contributed by atoms with Crippen LogP contribution in [0.4, 0.5) is 4.79 Å². The number of phosphoric ester groups is 1. The molecule has 0 heterocycles. The molecule has 9 atom stereocenters. The Balaban J connectivity index is 1.22. The van der Waals surface area contributed by atoms with Gasteiger partial charge in [0, 0.05) is 12.8 Å². The molecule has 4 aliphatic rings. The Kier molecular flexibility index (Phi) is 12.4. The number of allylic oxidation sites excluding steroid dienone is 1. The number of carbonyl (C=O) groups is 1. The molecule has 0 saturated heterocycles. The molecule has 0 radical (unpaired) electrons. The number of nitrogens with zero attached hydrogens (tertiary/aromatic N) is 1. The molecule has 0 aromatic heterocycles. The van der Waals surface area contributed by atoms with E-state index in [1.54, 1.807) is 0 Å². The first-order valence-corrected chi connectivity index (χ1v) is 19.5. The van der Waals surface area contributed by atoms with Gasteiger partial charge < -0.3 is 18.9 Å². The molecular formula is C36H65NO7P+. The van der Waals surface area contributed by atoms with Crippen LogP contribution in [0.25, 0.3) is 0 Å². The Bertz CT molecular complexity index is 1070. The van der Waals surface area contributed by atoms with Crippen LogP contribution in [0.5, 0.6) is 0 Å². The lowest BCUT2D eigenvalue weighted by atomic mass is 9.47. The van der Waals surface area contributed by atoms with Gasteiger partial charge in [0.2, 0.25) is 0 Å². The van der Waals surface area contributed by atoms with Crippen LogP contribution >= 0.6 is 7.82 Å². The Morgan fingerprint density at radius 3 is 2.42 bits per heavy atom. The van der Waals surface area contributed by atoms with E-state index in [9.17, 15) is 14.3 Å². The normalized spacial score (nSPS) is 35.1. The van der Waals surface area contributed by atoms with Crippen LogP contribution in [0.3, 0.4) is 0 Å². The average molecular weight is 655 g/mol. The van der Waals surface area contributed by atoms with Crippen LogP contribution in [-0.2, 0) is 23.1 Å². The van der Waals surface area contributed by atoms with Crippen molar-refractivity contribution in [2.24, 2.45) is 46.3 Å². The summed E-state index contributed by atoms with van der Waals surface area (Å²) in [4.78, 5) is 22.3. The fourth-order valence-corrected chi connectivity index (χ4v) is 10.5. The smallest absolute Gasteiger partial charge is 0.434 e. The third kappa shape index (κ3) is 9.37. The van der Waals surface area contributed by atoms with Crippen molar-refractivity contribution in [2.45, 2.75) is 118 Å². The molecule has 0 spiro atoms. The Hall–Kier alpha value is -0.920. The van der Waals surface area contributed by atoms with E-state index in [4.69, 9.17) is 18.5 Å². The van der Waals surface area contributed by atoms with E-state index < -0.39 is 14.0 Å². The van der Waals surface area contributed by atoms with Crippen LogP contribution in [0.15, 0.2) is 11.6 Å². The third-order valence-corrected chi connectivity index (χ3v) is 13.3. The molecule has 1 N–H and O–H groups in total. The van der Waals surface area contributed by atoms with Crippen LogP contribution in [0.1, 0.15) is 112 Å². The van der Waals surface area contributed by atoms with Crippen molar-refractivity contribution in [3.8, 4) is 0 Å². The molecule has 9 heteroatoms. The molecule has 3 saturated carbocycles. The summed E-state index contributed by atoms with van der Waals surface area (Å²) in [5.41, 5.74) is 2.19. The van der Waals surface area contributed by atoms with Gasteiger partial charge in [-0.1, -0.05) is 65.5 Å². The lowest BCUT2D eigenvalue weighted by Crippen LogP contribution is -2.51. The largest absolute Gasteiger partial charge is 0.508 e. The first-order chi connectivity index (χ1) is 21.0. The second kappa shape index (κ2) is 15.1. The number of hydrogen-bond acceptors (Lipinski definition) is 6. The van der Waals surface area contributed by atoms with Crippen molar-refractivity contribution in [3.05, 3.63) is 11.6 Å². The van der Waals surface area contributed by atoms with E-state index in [0.29, 0.717) is 16.4 Å². The minimum absolute atomic E-state index is 0.0412. The second-order valence-corrected chi connectivity index (χ2v) is 18.3. The number of fused-ring (bicyclic) bond motifs is 5. The number of likely N-dealkylation sites (N-methyl/N-ethyl adjacent to an activating group) is 1. The molecule has 4 unspecified atom stereocenters. The monoisotopic (exact) mass is 654 g/mol. The van der Waals surface area contributed by atoms with E-state index in [0.717, 1.165) is 54.8 Å². The van der Waals surface area contributed by atoms with E-state index >= 15 is 0 Å². The van der Waals surface area contributed by atoms with Crippen molar-refractivity contribution in [1.82, 2.24) is 0 Å². The highest BCUT2D eigenvalue weighted by Gasteiger charge is 2.59. The molecule has 8 nitrogen and oxygen atoms in total. The quantitative estimate of drug-likeness (QED) is 0.0621. The Labute approximate surface area is 274 Å². The summed E-state index contributed by atoms with van der Waals surface area (Å²) in [7, 11) is 1.81. The van der Waals surface area contributed by atoms with Crippen molar-refractivity contribution < 1.29 is 37.3 Å². The van der Waals surface area contributed by atoms with Crippen molar-refractivity contribution in [1.29, 1.82) is 0 Å². The fourth-order valence-electron chi connectivity index (χ4n) is 9.78. The van der Waals surface area contributed by atoms with Crippen molar-refractivity contribution in [2.75, 3.05) is 47.5 Å². The zero-order chi connectivity index (χ0) is 33.0. The predicted molar refractivity (Wildman–Crippen MR) is 179 cm³/mol. The van der Waals surface area contributed by atoms with Gasteiger partial charge in [-0.15, -0.1) is 0 Å². The highest BCUT2D eigenvalue weighted by molar-refractivity contribution is 7.47. The minimum atomic E-state index is -4.12. The van der Waals surface area contributed by atoms with E-state index in [-0.39, 0.29) is 37.8 Å². The summed E-state index contributed by atoms with van der Waals surface area (Å²) in [5, 5.41) is 0. The predicted octanol–water partition coefficient (Wildman–Crippen LogP) is 8.78. The maximum absolute atomic E-state index is 12.5. The third-order valence-electron chi connectivity index (χ3n) is 12.3. The number of ether oxygens (including phenoxy) is 2. The number of quaternary nitrogens is 1. The van der Waals surface area contributed by atoms with Gasteiger partial charge in [0.25, 0.3) is 0 Å². The second-order valence-electron chi connectivity index (χ2n) is 16.9. The number of carbonyl (C=O) groups excluding carboxylic acids is 1. The topological polar surface area (TPSA) is 91.3 Å². The molecule has 0 aromatic rings. The average Bonchev–Trinajstić information content (AvgIpc) is 3.29. The number of hydrogen-bond donors (Lipinski definition) is 1. The highest BCUT2D eigenvalue weighted by atomic mass is 31.2. The number of phosphoric acid groups is 1. The molecule has 0 amide bonds. The first kappa shape index (κ1) is 36.9. The van der Waals surface area contributed by atoms with E-state index in [1.807, 2.05) is 21.1 Å². The van der Waals surface area contributed by atoms with E-state index in [1.165, 1.54) is 56.9 Å². The maximum Gasteiger partial charge on any atom is 0.508 e. The SMILES string of the molecule is CC(C)CCC[C@@H](C)[C@H]1CCC2C3CC=C4C[C@@H](OC(=O)OCCCOP(=O)(O)OCC[N+](C)(C)C)CC[C@]4(C)C3CC[C@@]21C. The van der Waals surface area contributed by atoms with Gasteiger partial charge in [-0.3, -0.25) is 9.05 Å². The summed E-state index contributed by atoms with van der Waals surface area (Å²) in [6.45, 7) is 13.1. The van der Waals surface area contributed by atoms with Crippen LogP contribution in [0.2, 0.25) is 0 Å². The molecular weight excluding hydrogens is 589 g/mol. The van der Waals surface area contributed by atoms with Crippen LogP contribution in [-0.4, -0.2) is 69.1 Å². The fraction of sp³-hybridized carbons (Fsp3) is 0.917. The Morgan fingerprint density at radius 1 is 0.978 bits per heavy atom. The standard InChI is InChI=1S/C36H64NO7P/c1-26(2)11-9-12-27(3)31-15-16-32-30-14-13-28-25-29(17-19-35(28,4)33(30)18-20-36(31,32)5)44-34(38)41-22-10-23-42-45(39,40)43-24-21-37(6,7)8/h13,26-27,29-33H,9-12,14-25H2,1-8H3/p+1/t27-,29+,30?,31-,32?,33?,35+,36-/m1/s1.